The summed E-state index contributed by atoms with van der Waals surface area (Å²) in [6.45, 7) is 3.41. The Morgan fingerprint density at radius 1 is 1.00 bits per heavy atom. The zero-order valence-electron chi connectivity index (χ0n) is 14.3. The molecule has 1 aliphatic heterocycles. The van der Waals surface area contributed by atoms with Crippen LogP contribution in [0.4, 0.5) is 0 Å². The van der Waals surface area contributed by atoms with E-state index in [9.17, 15) is 4.79 Å². The van der Waals surface area contributed by atoms with Crippen LogP contribution in [0.5, 0.6) is 0 Å². The maximum Gasteiger partial charge on any atom is 0.259 e. The van der Waals surface area contributed by atoms with Crippen LogP contribution in [0, 0.1) is 6.92 Å². The van der Waals surface area contributed by atoms with E-state index in [0.717, 1.165) is 41.2 Å². The van der Waals surface area contributed by atoms with Crippen molar-refractivity contribution in [3.63, 3.8) is 0 Å². The molecular formula is C21H21N3O. The molecule has 4 heteroatoms. The van der Waals surface area contributed by atoms with Gasteiger partial charge in [0.1, 0.15) is 5.82 Å². The first-order valence-corrected chi connectivity index (χ1v) is 8.67. The first kappa shape index (κ1) is 15.8. The summed E-state index contributed by atoms with van der Waals surface area (Å²) in [5, 5.41) is 3.29. The molecule has 3 aromatic rings. The van der Waals surface area contributed by atoms with Gasteiger partial charge in [-0.05, 0) is 18.1 Å². The number of aryl methyl sites for hydroxylation is 1. The summed E-state index contributed by atoms with van der Waals surface area (Å²) >= 11 is 0. The molecule has 0 fully saturated rings. The lowest BCUT2D eigenvalue weighted by atomic mass is 9.97. The summed E-state index contributed by atoms with van der Waals surface area (Å²) in [6.07, 6.45) is 0.813. The van der Waals surface area contributed by atoms with Gasteiger partial charge < -0.3 is 5.32 Å². The fraction of sp³-hybridized carbons (Fsp3) is 0.238. The Morgan fingerprint density at radius 2 is 1.60 bits per heavy atom. The minimum atomic E-state index is -0.172. The van der Waals surface area contributed by atoms with Gasteiger partial charge in [0.05, 0.1) is 17.3 Å². The predicted molar refractivity (Wildman–Crippen MR) is 98.8 cm³/mol. The van der Waals surface area contributed by atoms with Crippen molar-refractivity contribution >= 4 is 0 Å². The SMILES string of the molecule is Cc1nc2c(c(=O)n1C(c1ccccc1)c1ccccc1)CNCC2. The van der Waals surface area contributed by atoms with E-state index in [0.29, 0.717) is 6.54 Å². The second kappa shape index (κ2) is 6.65. The Morgan fingerprint density at radius 3 is 2.20 bits per heavy atom. The third-order valence-electron chi connectivity index (χ3n) is 4.80. The van der Waals surface area contributed by atoms with E-state index >= 15 is 0 Å². The smallest absolute Gasteiger partial charge is 0.259 e. The molecule has 4 rings (SSSR count). The van der Waals surface area contributed by atoms with E-state index in [4.69, 9.17) is 4.98 Å². The van der Waals surface area contributed by atoms with Crippen molar-refractivity contribution in [1.29, 1.82) is 0 Å². The van der Waals surface area contributed by atoms with Gasteiger partial charge in [0, 0.05) is 19.5 Å². The fourth-order valence-corrected chi connectivity index (χ4v) is 3.60. The first-order valence-electron chi connectivity index (χ1n) is 8.67. The van der Waals surface area contributed by atoms with Crippen LogP contribution in [-0.2, 0) is 13.0 Å². The van der Waals surface area contributed by atoms with Crippen molar-refractivity contribution in [3.05, 3.63) is 99.2 Å². The van der Waals surface area contributed by atoms with E-state index in [1.165, 1.54) is 0 Å². The standard InChI is InChI=1S/C21H21N3O/c1-15-23-19-12-13-22-14-18(19)21(25)24(15)20(16-8-4-2-5-9-16)17-10-6-3-7-11-17/h2-11,20,22H,12-14H2,1H3. The summed E-state index contributed by atoms with van der Waals surface area (Å²) in [6, 6.07) is 20.2. The van der Waals surface area contributed by atoms with Crippen LogP contribution in [0.15, 0.2) is 65.5 Å². The van der Waals surface area contributed by atoms with Gasteiger partial charge >= 0.3 is 0 Å². The Hall–Kier alpha value is -2.72. The van der Waals surface area contributed by atoms with Crippen molar-refractivity contribution in [2.75, 3.05) is 6.54 Å². The largest absolute Gasteiger partial charge is 0.312 e. The maximum atomic E-state index is 13.3. The Labute approximate surface area is 147 Å². The van der Waals surface area contributed by atoms with Crippen LogP contribution in [0.1, 0.15) is 34.3 Å². The van der Waals surface area contributed by atoms with Crippen LogP contribution in [0.25, 0.3) is 0 Å². The number of nitrogens with zero attached hydrogens (tertiary/aromatic N) is 2. The van der Waals surface area contributed by atoms with Crippen LogP contribution < -0.4 is 10.9 Å². The van der Waals surface area contributed by atoms with Crippen molar-refractivity contribution in [3.8, 4) is 0 Å². The van der Waals surface area contributed by atoms with Gasteiger partial charge in [-0.15, -0.1) is 0 Å². The third kappa shape index (κ3) is 2.89. The molecule has 4 nitrogen and oxygen atoms in total. The molecule has 0 unspecified atom stereocenters. The van der Waals surface area contributed by atoms with Crippen molar-refractivity contribution in [2.24, 2.45) is 0 Å². The molecule has 0 atom stereocenters. The number of hydrogen-bond acceptors (Lipinski definition) is 3. The van der Waals surface area contributed by atoms with Gasteiger partial charge in [0.15, 0.2) is 0 Å². The van der Waals surface area contributed by atoms with Crippen LogP contribution in [-0.4, -0.2) is 16.1 Å². The minimum absolute atomic E-state index is 0.0624. The zero-order valence-corrected chi connectivity index (χ0v) is 14.3. The van der Waals surface area contributed by atoms with E-state index in [2.05, 4.69) is 29.6 Å². The van der Waals surface area contributed by atoms with Crippen molar-refractivity contribution < 1.29 is 0 Å². The summed E-state index contributed by atoms with van der Waals surface area (Å²) in [5.41, 5.74) is 3.98. The van der Waals surface area contributed by atoms with Gasteiger partial charge in [-0.25, -0.2) is 4.98 Å². The molecular weight excluding hydrogens is 310 g/mol. The maximum absolute atomic E-state index is 13.3. The molecule has 0 bridgehead atoms. The number of benzene rings is 2. The van der Waals surface area contributed by atoms with Crippen LogP contribution in [0.2, 0.25) is 0 Å². The first-order chi connectivity index (χ1) is 12.3. The van der Waals surface area contributed by atoms with Gasteiger partial charge in [-0.3, -0.25) is 9.36 Å². The van der Waals surface area contributed by atoms with Crippen molar-refractivity contribution in [2.45, 2.75) is 25.9 Å². The second-order valence-electron chi connectivity index (χ2n) is 6.41. The molecule has 0 radical (unpaired) electrons. The highest BCUT2D eigenvalue weighted by Crippen LogP contribution is 2.26. The zero-order chi connectivity index (χ0) is 17.2. The van der Waals surface area contributed by atoms with E-state index < -0.39 is 0 Å². The Kier molecular flexibility index (Phi) is 4.20. The normalized spacial score (nSPS) is 13.7. The minimum Gasteiger partial charge on any atom is -0.312 e. The molecule has 0 spiro atoms. The number of nitrogens with one attached hydrogen (secondary N) is 1. The van der Waals surface area contributed by atoms with Crippen LogP contribution >= 0.6 is 0 Å². The highest BCUT2D eigenvalue weighted by atomic mass is 16.1. The number of fused-ring (bicyclic) bond motifs is 1. The van der Waals surface area contributed by atoms with Gasteiger partial charge in [0.25, 0.3) is 5.56 Å². The molecule has 25 heavy (non-hydrogen) atoms. The van der Waals surface area contributed by atoms with E-state index in [1.54, 1.807) is 0 Å². The molecule has 0 saturated carbocycles. The van der Waals surface area contributed by atoms with Gasteiger partial charge in [0.2, 0.25) is 0 Å². The monoisotopic (exact) mass is 331 g/mol. The average Bonchev–Trinajstić information content (AvgIpc) is 2.66. The van der Waals surface area contributed by atoms with Gasteiger partial charge in [-0.2, -0.15) is 0 Å². The topological polar surface area (TPSA) is 46.9 Å². The summed E-state index contributed by atoms with van der Waals surface area (Å²) in [7, 11) is 0. The van der Waals surface area contributed by atoms with Crippen LogP contribution in [0.3, 0.4) is 0 Å². The summed E-state index contributed by atoms with van der Waals surface area (Å²) in [5.74, 6) is 0.767. The molecule has 1 aliphatic rings. The molecule has 2 heterocycles. The molecule has 1 N–H and O–H groups in total. The summed E-state index contributed by atoms with van der Waals surface area (Å²) < 4.78 is 1.84. The average molecular weight is 331 g/mol. The Balaban J connectivity index is 1.96. The number of rotatable bonds is 3. The molecule has 0 saturated heterocycles. The molecule has 126 valence electrons. The van der Waals surface area contributed by atoms with Gasteiger partial charge in [-0.1, -0.05) is 60.7 Å². The molecule has 2 aromatic carbocycles. The summed E-state index contributed by atoms with van der Waals surface area (Å²) in [4.78, 5) is 18.1. The Bertz CT molecular complexity index is 893. The quantitative estimate of drug-likeness (QED) is 0.803. The third-order valence-corrected chi connectivity index (χ3v) is 4.80. The molecule has 0 amide bonds. The van der Waals surface area contributed by atoms with E-state index in [-0.39, 0.29) is 11.6 Å². The fourth-order valence-electron chi connectivity index (χ4n) is 3.60. The number of hydrogen-bond donors (Lipinski definition) is 1. The lowest BCUT2D eigenvalue weighted by molar-refractivity contribution is 0.557. The lowest BCUT2D eigenvalue weighted by Crippen LogP contribution is -2.38. The predicted octanol–water partition coefficient (Wildman–Crippen LogP) is 2.84. The molecule has 0 aliphatic carbocycles. The van der Waals surface area contributed by atoms with E-state index in [1.807, 2.05) is 47.9 Å². The lowest BCUT2D eigenvalue weighted by Gasteiger charge is -2.26. The molecule has 1 aromatic heterocycles. The highest BCUT2D eigenvalue weighted by Gasteiger charge is 2.24. The highest BCUT2D eigenvalue weighted by molar-refractivity contribution is 5.34. The second-order valence-corrected chi connectivity index (χ2v) is 6.41. The number of aromatic nitrogens is 2. The van der Waals surface area contributed by atoms with Crippen molar-refractivity contribution in [1.82, 2.24) is 14.9 Å².